The first-order valence-electron chi connectivity index (χ1n) is 6.77. The molecule has 6 nitrogen and oxygen atoms in total. The molecule has 0 amide bonds. The molecule has 0 aliphatic carbocycles. The van der Waals surface area contributed by atoms with Gasteiger partial charge in [-0.15, -0.1) is 0 Å². The minimum absolute atomic E-state index is 0.187. The number of nitrogens with one attached hydrogen (secondary N) is 1. The number of pyridine rings is 1. The second-order valence-corrected chi connectivity index (χ2v) is 5.03. The average molecular weight is 322 g/mol. The quantitative estimate of drug-likeness (QED) is 0.803. The van der Waals surface area contributed by atoms with Gasteiger partial charge >= 0.3 is 6.18 Å². The predicted molar refractivity (Wildman–Crippen MR) is 77.6 cm³/mol. The van der Waals surface area contributed by atoms with Gasteiger partial charge < -0.3 is 5.32 Å². The summed E-state index contributed by atoms with van der Waals surface area (Å²) in [5, 5.41) is 7.86. The fourth-order valence-electron chi connectivity index (χ4n) is 2.19. The van der Waals surface area contributed by atoms with E-state index in [0.29, 0.717) is 28.2 Å². The Hall–Kier alpha value is -2.71. The molecule has 0 fully saturated rings. The fraction of sp³-hybridized carbons (Fsp3) is 0.286. The SMILES string of the molecule is Cc1nc(NCc2ccnc(C(F)(F)F)c2)c2cnn(C)c2n1. The van der Waals surface area contributed by atoms with Crippen LogP contribution in [-0.2, 0) is 19.8 Å². The molecule has 0 saturated heterocycles. The van der Waals surface area contributed by atoms with E-state index in [4.69, 9.17) is 0 Å². The minimum atomic E-state index is -4.46. The molecule has 0 aromatic carbocycles. The number of alkyl halides is 3. The second-order valence-electron chi connectivity index (χ2n) is 5.03. The Bertz CT molecular complexity index is 855. The molecule has 0 bridgehead atoms. The van der Waals surface area contributed by atoms with Crippen molar-refractivity contribution in [3.63, 3.8) is 0 Å². The van der Waals surface area contributed by atoms with Gasteiger partial charge in [0.25, 0.3) is 0 Å². The smallest absolute Gasteiger partial charge is 0.365 e. The minimum Gasteiger partial charge on any atom is -0.365 e. The van der Waals surface area contributed by atoms with Crippen molar-refractivity contribution < 1.29 is 13.2 Å². The maximum absolute atomic E-state index is 12.7. The molecule has 3 aromatic rings. The van der Waals surface area contributed by atoms with Crippen LogP contribution in [0.3, 0.4) is 0 Å². The van der Waals surface area contributed by atoms with Gasteiger partial charge in [-0.1, -0.05) is 0 Å². The van der Waals surface area contributed by atoms with Crippen LogP contribution in [0.15, 0.2) is 24.5 Å². The number of hydrogen-bond acceptors (Lipinski definition) is 5. The Morgan fingerprint density at radius 3 is 2.78 bits per heavy atom. The normalized spacial score (nSPS) is 11.9. The van der Waals surface area contributed by atoms with E-state index in [9.17, 15) is 13.2 Å². The van der Waals surface area contributed by atoms with E-state index in [2.05, 4.69) is 25.4 Å². The second kappa shape index (κ2) is 5.49. The van der Waals surface area contributed by atoms with Gasteiger partial charge in [0, 0.05) is 19.8 Å². The van der Waals surface area contributed by atoms with Crippen molar-refractivity contribution in [2.45, 2.75) is 19.6 Å². The lowest BCUT2D eigenvalue weighted by molar-refractivity contribution is -0.141. The molecule has 0 spiro atoms. The monoisotopic (exact) mass is 322 g/mol. The van der Waals surface area contributed by atoms with Crippen LogP contribution in [-0.4, -0.2) is 24.7 Å². The van der Waals surface area contributed by atoms with E-state index < -0.39 is 11.9 Å². The van der Waals surface area contributed by atoms with Crippen molar-refractivity contribution in [3.8, 4) is 0 Å². The lowest BCUT2D eigenvalue weighted by Crippen LogP contribution is -2.10. The molecule has 0 unspecified atom stereocenters. The molecule has 1 N–H and O–H groups in total. The van der Waals surface area contributed by atoms with Gasteiger partial charge in [-0.2, -0.15) is 18.3 Å². The lowest BCUT2D eigenvalue weighted by Gasteiger charge is -2.10. The molecule has 3 aromatic heterocycles. The summed E-state index contributed by atoms with van der Waals surface area (Å²) in [4.78, 5) is 11.9. The molecule has 0 atom stereocenters. The first-order valence-corrected chi connectivity index (χ1v) is 6.77. The molecule has 3 rings (SSSR count). The number of aryl methyl sites for hydroxylation is 2. The van der Waals surface area contributed by atoms with Gasteiger partial charge in [0.2, 0.25) is 0 Å². The van der Waals surface area contributed by atoms with Crippen molar-refractivity contribution in [1.29, 1.82) is 0 Å². The van der Waals surface area contributed by atoms with E-state index in [1.54, 1.807) is 24.9 Å². The third kappa shape index (κ3) is 3.08. The zero-order valence-electron chi connectivity index (χ0n) is 12.4. The molecule has 120 valence electrons. The van der Waals surface area contributed by atoms with E-state index in [1.165, 1.54) is 6.07 Å². The summed E-state index contributed by atoms with van der Waals surface area (Å²) in [5.41, 5.74) is 0.202. The van der Waals surface area contributed by atoms with Crippen molar-refractivity contribution in [2.75, 3.05) is 5.32 Å². The first kappa shape index (κ1) is 15.2. The Balaban J connectivity index is 1.87. The molecule has 0 saturated carbocycles. The van der Waals surface area contributed by atoms with Crippen LogP contribution in [0, 0.1) is 6.92 Å². The summed E-state index contributed by atoms with van der Waals surface area (Å²) in [6.07, 6.45) is -1.70. The summed E-state index contributed by atoms with van der Waals surface area (Å²) < 4.78 is 39.7. The van der Waals surface area contributed by atoms with Gasteiger partial charge in [0.1, 0.15) is 17.3 Å². The van der Waals surface area contributed by atoms with Crippen LogP contribution in [0.25, 0.3) is 11.0 Å². The fourth-order valence-corrected chi connectivity index (χ4v) is 2.19. The summed E-state index contributed by atoms with van der Waals surface area (Å²) in [6.45, 7) is 1.93. The number of nitrogens with zero attached hydrogens (tertiary/aromatic N) is 5. The Kier molecular flexibility index (Phi) is 3.63. The standard InChI is InChI=1S/C14H13F3N6/c1-8-21-12(10-7-20-23(2)13(10)22-8)19-6-9-3-4-18-11(5-9)14(15,16)17/h3-5,7H,6H2,1-2H3,(H,19,21,22). The summed E-state index contributed by atoms with van der Waals surface area (Å²) in [6, 6.07) is 2.54. The third-order valence-corrected chi connectivity index (χ3v) is 3.28. The van der Waals surface area contributed by atoms with Gasteiger partial charge in [0.15, 0.2) is 5.65 Å². The van der Waals surface area contributed by atoms with Crippen LogP contribution in [0.4, 0.5) is 19.0 Å². The summed E-state index contributed by atoms with van der Waals surface area (Å²) in [7, 11) is 1.76. The molecule has 3 heterocycles. The molecule has 0 aliphatic rings. The van der Waals surface area contributed by atoms with E-state index in [-0.39, 0.29) is 6.54 Å². The van der Waals surface area contributed by atoms with Crippen molar-refractivity contribution in [1.82, 2.24) is 24.7 Å². The zero-order valence-corrected chi connectivity index (χ0v) is 12.4. The van der Waals surface area contributed by atoms with Gasteiger partial charge in [-0.05, 0) is 24.6 Å². The maximum Gasteiger partial charge on any atom is 0.433 e. The van der Waals surface area contributed by atoms with Crippen LogP contribution in [0.2, 0.25) is 0 Å². The molecule has 23 heavy (non-hydrogen) atoms. The van der Waals surface area contributed by atoms with Crippen LogP contribution in [0.1, 0.15) is 17.1 Å². The van der Waals surface area contributed by atoms with Crippen molar-refractivity contribution in [2.24, 2.45) is 7.05 Å². The Labute approximate surface area is 129 Å². The van der Waals surface area contributed by atoms with Crippen LogP contribution >= 0.6 is 0 Å². The largest absolute Gasteiger partial charge is 0.433 e. The van der Waals surface area contributed by atoms with Crippen LogP contribution < -0.4 is 5.32 Å². The summed E-state index contributed by atoms with van der Waals surface area (Å²) in [5.74, 6) is 1.08. The number of aromatic nitrogens is 5. The first-order chi connectivity index (χ1) is 10.8. The van der Waals surface area contributed by atoms with Crippen molar-refractivity contribution >= 4 is 16.9 Å². The number of fused-ring (bicyclic) bond motifs is 1. The number of hydrogen-bond donors (Lipinski definition) is 1. The van der Waals surface area contributed by atoms with E-state index in [1.807, 2.05) is 0 Å². The highest BCUT2D eigenvalue weighted by molar-refractivity contribution is 5.86. The van der Waals surface area contributed by atoms with Gasteiger partial charge in [0.05, 0.1) is 11.6 Å². The molecule has 9 heteroatoms. The van der Waals surface area contributed by atoms with Crippen LogP contribution in [0.5, 0.6) is 0 Å². The predicted octanol–water partition coefficient (Wildman–Crippen LogP) is 2.70. The van der Waals surface area contributed by atoms with Gasteiger partial charge in [-0.3, -0.25) is 9.67 Å². The Morgan fingerprint density at radius 2 is 2.04 bits per heavy atom. The molecule has 0 radical (unpaired) electrons. The topological polar surface area (TPSA) is 68.5 Å². The van der Waals surface area contributed by atoms with E-state index >= 15 is 0 Å². The molecular formula is C14H13F3N6. The average Bonchev–Trinajstić information content (AvgIpc) is 2.86. The van der Waals surface area contributed by atoms with Gasteiger partial charge in [-0.25, -0.2) is 9.97 Å². The third-order valence-electron chi connectivity index (χ3n) is 3.28. The Morgan fingerprint density at radius 1 is 1.26 bits per heavy atom. The zero-order chi connectivity index (χ0) is 16.6. The lowest BCUT2D eigenvalue weighted by atomic mass is 10.2. The highest BCUT2D eigenvalue weighted by Gasteiger charge is 2.32. The van der Waals surface area contributed by atoms with E-state index in [0.717, 1.165) is 12.3 Å². The number of halogens is 3. The number of rotatable bonds is 3. The molecular weight excluding hydrogens is 309 g/mol. The highest BCUT2D eigenvalue weighted by atomic mass is 19.4. The highest BCUT2D eigenvalue weighted by Crippen LogP contribution is 2.28. The number of anilines is 1. The molecule has 0 aliphatic heterocycles. The summed E-state index contributed by atoms with van der Waals surface area (Å²) >= 11 is 0. The van der Waals surface area contributed by atoms with Crippen molar-refractivity contribution in [3.05, 3.63) is 41.6 Å². The maximum atomic E-state index is 12.7.